The molecule has 2 fully saturated rings. The summed E-state index contributed by atoms with van der Waals surface area (Å²) in [5.74, 6) is -0.542. The lowest BCUT2D eigenvalue weighted by molar-refractivity contribution is -0.176. The lowest BCUT2D eigenvalue weighted by Crippen LogP contribution is -2.45. The average Bonchev–Trinajstić information content (AvgIpc) is 3.28. The highest BCUT2D eigenvalue weighted by Gasteiger charge is 2.38. The van der Waals surface area contributed by atoms with Crippen LogP contribution in [0.3, 0.4) is 0 Å². The number of nitrogens with two attached hydrogens (primary N) is 1. The lowest BCUT2D eigenvalue weighted by atomic mass is 9.92. The molecule has 1 aliphatic heterocycles. The first-order chi connectivity index (χ1) is 10.0. The van der Waals surface area contributed by atoms with Crippen molar-refractivity contribution in [3.63, 3.8) is 0 Å². The predicted molar refractivity (Wildman–Crippen MR) is 75.4 cm³/mol. The van der Waals surface area contributed by atoms with Crippen molar-refractivity contribution in [2.24, 2.45) is 17.6 Å². The van der Waals surface area contributed by atoms with Crippen LogP contribution < -0.4 is 5.73 Å². The fourth-order valence-electron chi connectivity index (χ4n) is 2.58. The van der Waals surface area contributed by atoms with Gasteiger partial charge in [0.1, 0.15) is 18.2 Å². The molecule has 2 rings (SSSR count). The Morgan fingerprint density at radius 1 is 1.38 bits per heavy atom. The van der Waals surface area contributed by atoms with Gasteiger partial charge in [-0.2, -0.15) is 0 Å². The van der Waals surface area contributed by atoms with Crippen molar-refractivity contribution in [1.29, 1.82) is 0 Å². The SMILES string of the molecule is CC[C@H]1CCOC[C@H](N)C(=O)O[C@@H](C)[C@@H]1OC(=O)C1CC1. The van der Waals surface area contributed by atoms with E-state index in [4.69, 9.17) is 19.9 Å². The van der Waals surface area contributed by atoms with Gasteiger partial charge in [-0.15, -0.1) is 0 Å². The summed E-state index contributed by atoms with van der Waals surface area (Å²) >= 11 is 0. The molecule has 0 amide bonds. The van der Waals surface area contributed by atoms with E-state index in [-0.39, 0.29) is 24.4 Å². The zero-order valence-electron chi connectivity index (χ0n) is 12.7. The third-order valence-corrected chi connectivity index (χ3v) is 4.15. The molecule has 1 heterocycles. The summed E-state index contributed by atoms with van der Waals surface area (Å²) in [6.45, 7) is 4.47. The molecule has 2 N–H and O–H groups in total. The first-order valence-electron chi connectivity index (χ1n) is 7.77. The van der Waals surface area contributed by atoms with Crippen LogP contribution in [0.15, 0.2) is 0 Å². The van der Waals surface area contributed by atoms with E-state index in [0.717, 1.165) is 25.7 Å². The van der Waals surface area contributed by atoms with Crippen molar-refractivity contribution >= 4 is 11.9 Å². The molecule has 0 unspecified atom stereocenters. The molecule has 120 valence electrons. The summed E-state index contributed by atoms with van der Waals surface area (Å²) in [6.07, 6.45) is 2.46. The average molecular weight is 299 g/mol. The molecule has 0 radical (unpaired) electrons. The molecule has 0 aromatic carbocycles. The smallest absolute Gasteiger partial charge is 0.325 e. The minimum atomic E-state index is -0.787. The van der Waals surface area contributed by atoms with Crippen molar-refractivity contribution in [2.45, 2.75) is 57.8 Å². The highest BCUT2D eigenvalue weighted by atomic mass is 16.6. The number of ether oxygens (including phenoxy) is 3. The Bertz CT molecular complexity index is 382. The fourth-order valence-corrected chi connectivity index (χ4v) is 2.58. The van der Waals surface area contributed by atoms with Crippen LogP contribution in [0.2, 0.25) is 0 Å². The van der Waals surface area contributed by atoms with Crippen LogP contribution in [0.5, 0.6) is 0 Å². The Labute approximate surface area is 125 Å². The maximum absolute atomic E-state index is 12.0. The van der Waals surface area contributed by atoms with E-state index in [2.05, 4.69) is 0 Å². The maximum atomic E-state index is 12.0. The Kier molecular flexibility index (Phi) is 5.58. The van der Waals surface area contributed by atoms with Gasteiger partial charge in [-0.05, 0) is 32.6 Å². The van der Waals surface area contributed by atoms with Gasteiger partial charge in [-0.25, -0.2) is 0 Å². The molecule has 6 heteroatoms. The summed E-state index contributed by atoms with van der Waals surface area (Å²) < 4.78 is 16.4. The quantitative estimate of drug-likeness (QED) is 0.783. The van der Waals surface area contributed by atoms with Crippen LogP contribution in [0.25, 0.3) is 0 Å². The van der Waals surface area contributed by atoms with Gasteiger partial charge in [0, 0.05) is 12.5 Å². The van der Waals surface area contributed by atoms with E-state index in [9.17, 15) is 9.59 Å². The van der Waals surface area contributed by atoms with E-state index < -0.39 is 24.2 Å². The second-order valence-corrected chi connectivity index (χ2v) is 5.96. The Morgan fingerprint density at radius 2 is 2.10 bits per heavy atom. The van der Waals surface area contributed by atoms with Crippen LogP contribution in [-0.2, 0) is 23.8 Å². The standard InChI is InChI=1S/C15H25NO5/c1-3-10-6-7-19-8-12(16)15(18)20-9(2)13(10)21-14(17)11-4-5-11/h9-13H,3-8,16H2,1-2H3/t9-,10-,12-,13-/m0/s1. The molecular formula is C15H25NO5. The number of rotatable bonds is 3. The summed E-state index contributed by atoms with van der Waals surface area (Å²) in [6, 6.07) is -0.787. The van der Waals surface area contributed by atoms with Gasteiger partial charge in [-0.3, -0.25) is 9.59 Å². The van der Waals surface area contributed by atoms with Crippen molar-refractivity contribution in [2.75, 3.05) is 13.2 Å². The van der Waals surface area contributed by atoms with Crippen molar-refractivity contribution in [3.8, 4) is 0 Å². The second kappa shape index (κ2) is 7.22. The number of carbonyl (C=O) groups is 2. The number of carbonyl (C=O) groups excluding carboxylic acids is 2. The van der Waals surface area contributed by atoms with Crippen LogP contribution in [-0.4, -0.2) is 43.4 Å². The summed E-state index contributed by atoms with van der Waals surface area (Å²) in [5.41, 5.74) is 5.70. The molecule has 1 saturated carbocycles. The topological polar surface area (TPSA) is 87.8 Å². The molecule has 0 bridgehead atoms. The molecule has 6 nitrogen and oxygen atoms in total. The van der Waals surface area contributed by atoms with Crippen LogP contribution in [0, 0.1) is 11.8 Å². The zero-order chi connectivity index (χ0) is 15.4. The molecule has 0 aromatic heterocycles. The fraction of sp³-hybridized carbons (Fsp3) is 0.867. The first-order valence-corrected chi connectivity index (χ1v) is 7.77. The minimum Gasteiger partial charge on any atom is -0.458 e. The van der Waals surface area contributed by atoms with E-state index in [1.807, 2.05) is 6.92 Å². The zero-order valence-corrected chi connectivity index (χ0v) is 12.7. The van der Waals surface area contributed by atoms with Crippen molar-refractivity contribution in [1.82, 2.24) is 0 Å². The number of cyclic esters (lactones) is 1. The van der Waals surface area contributed by atoms with E-state index in [0.29, 0.717) is 6.61 Å². The lowest BCUT2D eigenvalue weighted by Gasteiger charge is -2.32. The van der Waals surface area contributed by atoms with Gasteiger partial charge >= 0.3 is 11.9 Å². The molecule has 0 spiro atoms. The van der Waals surface area contributed by atoms with Crippen molar-refractivity contribution in [3.05, 3.63) is 0 Å². The van der Waals surface area contributed by atoms with Crippen molar-refractivity contribution < 1.29 is 23.8 Å². The van der Waals surface area contributed by atoms with Gasteiger partial charge in [0.05, 0.1) is 12.5 Å². The third-order valence-electron chi connectivity index (χ3n) is 4.15. The van der Waals surface area contributed by atoms with Gasteiger partial charge in [-0.1, -0.05) is 6.92 Å². The highest BCUT2D eigenvalue weighted by molar-refractivity contribution is 5.76. The molecule has 1 aliphatic carbocycles. The third kappa shape index (κ3) is 4.41. The van der Waals surface area contributed by atoms with E-state index >= 15 is 0 Å². The Morgan fingerprint density at radius 3 is 2.71 bits per heavy atom. The largest absolute Gasteiger partial charge is 0.458 e. The monoisotopic (exact) mass is 299 g/mol. The van der Waals surface area contributed by atoms with Crippen LogP contribution >= 0.6 is 0 Å². The maximum Gasteiger partial charge on any atom is 0.325 e. The Balaban J connectivity index is 2.07. The van der Waals surface area contributed by atoms with Crippen LogP contribution in [0.1, 0.15) is 39.5 Å². The predicted octanol–water partition coefficient (Wildman–Crippen LogP) is 1.01. The Hall–Kier alpha value is -1.14. The number of hydrogen-bond donors (Lipinski definition) is 1. The summed E-state index contributed by atoms with van der Waals surface area (Å²) in [7, 11) is 0. The van der Waals surface area contributed by atoms with Gasteiger partial charge in [0.25, 0.3) is 0 Å². The minimum absolute atomic E-state index is 0.0271. The summed E-state index contributed by atoms with van der Waals surface area (Å²) in [4.78, 5) is 23.8. The highest BCUT2D eigenvalue weighted by Crippen LogP contribution is 2.32. The summed E-state index contributed by atoms with van der Waals surface area (Å²) in [5, 5.41) is 0. The molecule has 1 saturated heterocycles. The second-order valence-electron chi connectivity index (χ2n) is 5.96. The van der Waals surface area contributed by atoms with Gasteiger partial charge in [0.15, 0.2) is 0 Å². The molecule has 4 atom stereocenters. The molecule has 0 aromatic rings. The molecule has 21 heavy (non-hydrogen) atoms. The van der Waals surface area contributed by atoms with E-state index in [1.54, 1.807) is 6.92 Å². The van der Waals surface area contributed by atoms with Gasteiger partial charge in [0.2, 0.25) is 0 Å². The number of hydrogen-bond acceptors (Lipinski definition) is 6. The normalized spacial score (nSPS) is 34.9. The molecule has 2 aliphatic rings. The van der Waals surface area contributed by atoms with Gasteiger partial charge < -0.3 is 19.9 Å². The number of esters is 2. The van der Waals surface area contributed by atoms with E-state index in [1.165, 1.54) is 0 Å². The van der Waals surface area contributed by atoms with Crippen LogP contribution in [0.4, 0.5) is 0 Å². The first kappa shape index (κ1) is 16.2. The molecular weight excluding hydrogens is 274 g/mol.